The van der Waals surface area contributed by atoms with Gasteiger partial charge in [0.2, 0.25) is 0 Å². The lowest BCUT2D eigenvalue weighted by atomic mass is 10.0. The van der Waals surface area contributed by atoms with Crippen molar-refractivity contribution >= 4 is 24.0 Å². The molecule has 3 nitrogen and oxygen atoms in total. The number of anilines is 1. The fourth-order valence-corrected chi connectivity index (χ4v) is 2.87. The lowest BCUT2D eigenvalue weighted by molar-refractivity contribution is 0.0717. The van der Waals surface area contributed by atoms with E-state index in [0.29, 0.717) is 11.7 Å². The summed E-state index contributed by atoms with van der Waals surface area (Å²) in [6, 6.07) is 5.95. The van der Waals surface area contributed by atoms with Crippen LogP contribution in [-0.4, -0.2) is 23.9 Å². The van der Waals surface area contributed by atoms with Gasteiger partial charge in [-0.1, -0.05) is 31.7 Å². The Balaban J connectivity index is 0.00000200. The summed E-state index contributed by atoms with van der Waals surface area (Å²) in [5.74, 6) is 0.108. The maximum Gasteiger partial charge on any atom is 0.254 e. The minimum Gasteiger partial charge on any atom is -0.399 e. The van der Waals surface area contributed by atoms with E-state index in [4.69, 9.17) is 5.73 Å². The van der Waals surface area contributed by atoms with Crippen LogP contribution in [0.15, 0.2) is 18.2 Å². The highest BCUT2D eigenvalue weighted by Crippen LogP contribution is 2.23. The SMILES string of the molecule is Cc1ccc(N)cc1C(=O)N(C)C1CCCCCC1.Cl. The molecule has 0 heterocycles. The number of nitrogens with two attached hydrogens (primary N) is 1. The van der Waals surface area contributed by atoms with Crippen LogP contribution in [0.3, 0.4) is 0 Å². The van der Waals surface area contributed by atoms with Crippen molar-refractivity contribution in [3.05, 3.63) is 29.3 Å². The van der Waals surface area contributed by atoms with Crippen molar-refractivity contribution < 1.29 is 4.79 Å². The lowest BCUT2D eigenvalue weighted by Crippen LogP contribution is -2.37. The number of rotatable bonds is 2. The molecule has 1 fully saturated rings. The Morgan fingerprint density at radius 2 is 1.80 bits per heavy atom. The lowest BCUT2D eigenvalue weighted by Gasteiger charge is -2.28. The third-order valence-corrected chi connectivity index (χ3v) is 4.18. The van der Waals surface area contributed by atoms with E-state index >= 15 is 0 Å². The molecule has 0 spiro atoms. The Bertz CT molecular complexity index is 454. The van der Waals surface area contributed by atoms with E-state index in [1.165, 1.54) is 25.7 Å². The summed E-state index contributed by atoms with van der Waals surface area (Å²) >= 11 is 0. The fourth-order valence-electron chi connectivity index (χ4n) is 2.87. The average Bonchev–Trinajstić information content (AvgIpc) is 2.69. The van der Waals surface area contributed by atoms with Crippen LogP contribution in [0.4, 0.5) is 5.69 Å². The molecule has 20 heavy (non-hydrogen) atoms. The van der Waals surface area contributed by atoms with E-state index in [-0.39, 0.29) is 18.3 Å². The number of hydrogen-bond donors (Lipinski definition) is 1. The largest absolute Gasteiger partial charge is 0.399 e. The molecule has 1 aliphatic carbocycles. The van der Waals surface area contributed by atoms with E-state index in [1.807, 2.05) is 31.0 Å². The van der Waals surface area contributed by atoms with Gasteiger partial charge in [0.1, 0.15) is 0 Å². The van der Waals surface area contributed by atoms with Crippen LogP contribution >= 0.6 is 12.4 Å². The molecule has 1 aromatic carbocycles. The fraction of sp³-hybridized carbons (Fsp3) is 0.562. The Morgan fingerprint density at radius 1 is 1.20 bits per heavy atom. The molecule has 1 aliphatic rings. The minimum absolute atomic E-state index is 0. The van der Waals surface area contributed by atoms with Crippen molar-refractivity contribution in [3.63, 3.8) is 0 Å². The number of nitrogens with zero attached hydrogens (tertiary/aromatic N) is 1. The van der Waals surface area contributed by atoms with Gasteiger partial charge in [0.05, 0.1) is 0 Å². The second-order valence-corrected chi connectivity index (χ2v) is 5.64. The first-order valence-electron chi connectivity index (χ1n) is 7.23. The molecule has 0 radical (unpaired) electrons. The maximum atomic E-state index is 12.6. The zero-order chi connectivity index (χ0) is 13.8. The van der Waals surface area contributed by atoms with E-state index in [9.17, 15) is 4.79 Å². The third kappa shape index (κ3) is 3.89. The molecule has 1 amide bonds. The second-order valence-electron chi connectivity index (χ2n) is 5.64. The van der Waals surface area contributed by atoms with Gasteiger partial charge in [-0.15, -0.1) is 12.4 Å². The Morgan fingerprint density at radius 3 is 2.40 bits per heavy atom. The molecule has 4 heteroatoms. The number of halogens is 1. The molecular weight excluding hydrogens is 272 g/mol. The van der Waals surface area contributed by atoms with Crippen LogP contribution in [0.1, 0.15) is 54.4 Å². The van der Waals surface area contributed by atoms with Crippen LogP contribution in [-0.2, 0) is 0 Å². The molecule has 0 atom stereocenters. The topological polar surface area (TPSA) is 46.3 Å². The van der Waals surface area contributed by atoms with Gasteiger partial charge in [0.15, 0.2) is 0 Å². The highest BCUT2D eigenvalue weighted by atomic mass is 35.5. The summed E-state index contributed by atoms with van der Waals surface area (Å²) < 4.78 is 0. The summed E-state index contributed by atoms with van der Waals surface area (Å²) in [5.41, 5.74) is 8.20. The molecule has 0 unspecified atom stereocenters. The molecular formula is C16H25ClN2O. The highest BCUT2D eigenvalue weighted by molar-refractivity contribution is 5.96. The van der Waals surface area contributed by atoms with E-state index < -0.39 is 0 Å². The van der Waals surface area contributed by atoms with Crippen LogP contribution in [0.5, 0.6) is 0 Å². The van der Waals surface area contributed by atoms with Gasteiger partial charge in [0.25, 0.3) is 5.91 Å². The van der Waals surface area contributed by atoms with Crippen molar-refractivity contribution in [2.24, 2.45) is 0 Å². The monoisotopic (exact) mass is 296 g/mol. The minimum atomic E-state index is 0. The molecule has 112 valence electrons. The van der Waals surface area contributed by atoms with E-state index in [0.717, 1.165) is 24.0 Å². The molecule has 0 aromatic heterocycles. The molecule has 2 N–H and O–H groups in total. The Kier molecular flexibility index (Phi) is 6.34. The van der Waals surface area contributed by atoms with Crippen molar-refractivity contribution in [1.82, 2.24) is 4.90 Å². The van der Waals surface area contributed by atoms with Gasteiger partial charge >= 0.3 is 0 Å². The maximum absolute atomic E-state index is 12.6. The summed E-state index contributed by atoms with van der Waals surface area (Å²) in [7, 11) is 1.93. The van der Waals surface area contributed by atoms with Crippen LogP contribution in [0.25, 0.3) is 0 Å². The number of benzene rings is 1. The van der Waals surface area contributed by atoms with Crippen molar-refractivity contribution in [3.8, 4) is 0 Å². The Hall–Kier alpha value is -1.22. The van der Waals surface area contributed by atoms with Crippen molar-refractivity contribution in [2.45, 2.75) is 51.5 Å². The number of amides is 1. The third-order valence-electron chi connectivity index (χ3n) is 4.18. The van der Waals surface area contributed by atoms with Gasteiger partial charge in [0, 0.05) is 24.3 Å². The van der Waals surface area contributed by atoms with Crippen LogP contribution in [0.2, 0.25) is 0 Å². The zero-order valence-corrected chi connectivity index (χ0v) is 13.2. The number of hydrogen-bond acceptors (Lipinski definition) is 2. The number of carbonyl (C=O) groups excluding carboxylic acids is 1. The van der Waals surface area contributed by atoms with E-state index in [1.54, 1.807) is 6.07 Å². The van der Waals surface area contributed by atoms with Gasteiger partial charge in [-0.3, -0.25) is 4.79 Å². The quantitative estimate of drug-likeness (QED) is 0.666. The predicted octanol–water partition coefficient (Wildman–Crippen LogP) is 3.79. The van der Waals surface area contributed by atoms with Gasteiger partial charge < -0.3 is 10.6 Å². The number of aryl methyl sites for hydroxylation is 1. The Labute approximate surface area is 127 Å². The smallest absolute Gasteiger partial charge is 0.254 e. The second kappa shape index (κ2) is 7.53. The standard InChI is InChI=1S/C16H24N2O.ClH/c1-12-9-10-13(17)11-15(12)16(19)18(2)14-7-5-3-4-6-8-14;/h9-11,14H,3-8,17H2,1-2H3;1H. The van der Waals surface area contributed by atoms with E-state index in [2.05, 4.69) is 0 Å². The van der Waals surface area contributed by atoms with Gasteiger partial charge in [-0.25, -0.2) is 0 Å². The van der Waals surface area contributed by atoms with Gasteiger partial charge in [-0.2, -0.15) is 0 Å². The summed E-state index contributed by atoms with van der Waals surface area (Å²) in [4.78, 5) is 14.5. The molecule has 2 rings (SSSR count). The molecule has 0 aliphatic heterocycles. The predicted molar refractivity (Wildman–Crippen MR) is 86.4 cm³/mol. The summed E-state index contributed by atoms with van der Waals surface area (Å²) in [6.07, 6.45) is 7.33. The van der Waals surface area contributed by atoms with Crippen molar-refractivity contribution in [2.75, 3.05) is 12.8 Å². The first-order valence-corrected chi connectivity index (χ1v) is 7.23. The normalized spacial score (nSPS) is 16.1. The molecule has 0 saturated heterocycles. The first-order chi connectivity index (χ1) is 9.09. The van der Waals surface area contributed by atoms with Crippen molar-refractivity contribution in [1.29, 1.82) is 0 Å². The molecule has 0 bridgehead atoms. The zero-order valence-electron chi connectivity index (χ0n) is 12.4. The molecule has 1 saturated carbocycles. The molecule has 1 aromatic rings. The first kappa shape index (κ1) is 16.8. The van der Waals surface area contributed by atoms with Gasteiger partial charge in [-0.05, 0) is 37.5 Å². The highest BCUT2D eigenvalue weighted by Gasteiger charge is 2.23. The summed E-state index contributed by atoms with van der Waals surface area (Å²) in [5, 5.41) is 0. The average molecular weight is 297 g/mol. The number of nitrogen functional groups attached to an aromatic ring is 1. The van der Waals surface area contributed by atoms with Crippen LogP contribution in [0, 0.1) is 6.92 Å². The van der Waals surface area contributed by atoms with Crippen LogP contribution < -0.4 is 5.73 Å². The number of carbonyl (C=O) groups is 1. The summed E-state index contributed by atoms with van der Waals surface area (Å²) in [6.45, 7) is 1.97.